The number of nitrogens with two attached hydrogens (primary N) is 1. The third kappa shape index (κ3) is 2.72. The first-order valence-electron chi connectivity index (χ1n) is 6.77. The largest absolute Gasteiger partial charge is 0.327 e. The van der Waals surface area contributed by atoms with Gasteiger partial charge in [-0.1, -0.05) is 19.4 Å². The average Bonchev–Trinajstić information content (AvgIpc) is 2.78. The van der Waals surface area contributed by atoms with Crippen molar-refractivity contribution in [1.82, 2.24) is 0 Å². The molecule has 1 fully saturated rings. The third-order valence-electron chi connectivity index (χ3n) is 3.90. The van der Waals surface area contributed by atoms with E-state index in [1.54, 1.807) is 0 Å². The van der Waals surface area contributed by atoms with Crippen molar-refractivity contribution in [2.75, 3.05) is 5.32 Å². The van der Waals surface area contributed by atoms with Gasteiger partial charge in [0.15, 0.2) is 0 Å². The summed E-state index contributed by atoms with van der Waals surface area (Å²) in [5.74, 6) is 0.0577. The number of anilines is 1. The number of carbonyl (C=O) groups is 1. The van der Waals surface area contributed by atoms with Gasteiger partial charge >= 0.3 is 0 Å². The van der Waals surface area contributed by atoms with Gasteiger partial charge in [0.2, 0.25) is 5.91 Å². The summed E-state index contributed by atoms with van der Waals surface area (Å²) in [5.41, 5.74) is 9.40. The molecule has 1 amide bonds. The van der Waals surface area contributed by atoms with Gasteiger partial charge in [-0.15, -0.1) is 0 Å². The number of hydrogen-bond acceptors (Lipinski definition) is 2. The van der Waals surface area contributed by atoms with Gasteiger partial charge in [0.05, 0.1) is 5.92 Å². The Balaban J connectivity index is 2.07. The molecule has 0 aromatic heterocycles. The van der Waals surface area contributed by atoms with E-state index < -0.39 is 0 Å². The summed E-state index contributed by atoms with van der Waals surface area (Å²) < 4.78 is 0. The van der Waals surface area contributed by atoms with E-state index in [9.17, 15) is 4.79 Å². The van der Waals surface area contributed by atoms with Crippen LogP contribution in [0, 0.1) is 12.8 Å². The van der Waals surface area contributed by atoms with Crippen molar-refractivity contribution >= 4 is 11.6 Å². The Bertz CT molecular complexity index is 442. The predicted molar refractivity (Wildman–Crippen MR) is 74.5 cm³/mol. The minimum Gasteiger partial charge on any atom is -0.327 e. The molecular formula is C15H22N2O. The van der Waals surface area contributed by atoms with Gasteiger partial charge in [0, 0.05) is 11.7 Å². The summed E-state index contributed by atoms with van der Waals surface area (Å²) >= 11 is 0. The van der Waals surface area contributed by atoms with E-state index in [4.69, 9.17) is 5.73 Å². The second-order valence-electron chi connectivity index (χ2n) is 5.19. The van der Waals surface area contributed by atoms with Crippen molar-refractivity contribution in [3.8, 4) is 0 Å². The van der Waals surface area contributed by atoms with Crippen molar-refractivity contribution < 1.29 is 4.79 Å². The van der Waals surface area contributed by atoms with Gasteiger partial charge in [0.1, 0.15) is 0 Å². The van der Waals surface area contributed by atoms with Crippen molar-refractivity contribution in [1.29, 1.82) is 0 Å². The molecule has 3 heteroatoms. The van der Waals surface area contributed by atoms with Crippen LogP contribution in [0.15, 0.2) is 18.2 Å². The third-order valence-corrected chi connectivity index (χ3v) is 3.90. The Labute approximate surface area is 109 Å². The summed E-state index contributed by atoms with van der Waals surface area (Å²) in [6.07, 6.45) is 3.93. The summed E-state index contributed by atoms with van der Waals surface area (Å²) in [6, 6.07) is 6.12. The standard InChI is InChI=1S/C15H22N2O/c1-3-11-9-12(8-7-10(11)2)17-15(18)13-5-4-6-14(13)16/h7-9,13-14H,3-6,16H2,1-2H3,(H,17,18). The number of nitrogens with one attached hydrogen (secondary N) is 1. The topological polar surface area (TPSA) is 55.1 Å². The molecule has 0 aliphatic heterocycles. The van der Waals surface area contributed by atoms with Gasteiger partial charge in [-0.25, -0.2) is 0 Å². The highest BCUT2D eigenvalue weighted by Crippen LogP contribution is 2.25. The fourth-order valence-electron chi connectivity index (χ4n) is 2.68. The maximum absolute atomic E-state index is 12.1. The molecule has 1 aromatic rings. The van der Waals surface area contributed by atoms with Crippen molar-refractivity contribution in [2.24, 2.45) is 11.7 Å². The van der Waals surface area contributed by atoms with Crippen LogP contribution in [-0.2, 0) is 11.2 Å². The van der Waals surface area contributed by atoms with Crippen LogP contribution in [0.25, 0.3) is 0 Å². The fourth-order valence-corrected chi connectivity index (χ4v) is 2.68. The zero-order valence-electron chi connectivity index (χ0n) is 11.2. The summed E-state index contributed by atoms with van der Waals surface area (Å²) in [5, 5.41) is 3.00. The van der Waals surface area contributed by atoms with Crippen LogP contribution in [0.3, 0.4) is 0 Å². The molecule has 0 bridgehead atoms. The Morgan fingerprint density at radius 1 is 1.44 bits per heavy atom. The van der Waals surface area contributed by atoms with E-state index in [2.05, 4.69) is 31.3 Å². The average molecular weight is 246 g/mol. The fraction of sp³-hybridized carbons (Fsp3) is 0.533. The second kappa shape index (κ2) is 5.53. The van der Waals surface area contributed by atoms with E-state index in [0.29, 0.717) is 0 Å². The van der Waals surface area contributed by atoms with E-state index in [1.807, 2.05) is 6.07 Å². The number of hydrogen-bond donors (Lipinski definition) is 2. The van der Waals surface area contributed by atoms with Gasteiger partial charge in [-0.2, -0.15) is 0 Å². The molecule has 1 aliphatic rings. The monoisotopic (exact) mass is 246 g/mol. The lowest BCUT2D eigenvalue weighted by atomic mass is 10.0. The van der Waals surface area contributed by atoms with E-state index >= 15 is 0 Å². The molecule has 2 rings (SSSR count). The van der Waals surface area contributed by atoms with Gasteiger partial charge < -0.3 is 11.1 Å². The lowest BCUT2D eigenvalue weighted by molar-refractivity contribution is -0.120. The molecular weight excluding hydrogens is 224 g/mol. The molecule has 98 valence electrons. The minimum atomic E-state index is -0.0172. The first-order chi connectivity index (χ1) is 8.61. The van der Waals surface area contributed by atoms with Crippen LogP contribution < -0.4 is 11.1 Å². The number of benzene rings is 1. The zero-order valence-corrected chi connectivity index (χ0v) is 11.2. The molecule has 2 atom stereocenters. The molecule has 0 saturated heterocycles. The van der Waals surface area contributed by atoms with Gasteiger partial charge in [0.25, 0.3) is 0 Å². The SMILES string of the molecule is CCc1cc(NC(=O)C2CCCC2N)ccc1C. The summed E-state index contributed by atoms with van der Waals surface area (Å²) in [6.45, 7) is 4.22. The van der Waals surface area contributed by atoms with Crippen molar-refractivity contribution in [3.05, 3.63) is 29.3 Å². The van der Waals surface area contributed by atoms with Gasteiger partial charge in [-0.3, -0.25) is 4.79 Å². The Kier molecular flexibility index (Phi) is 4.02. The molecule has 1 aliphatic carbocycles. The molecule has 0 heterocycles. The quantitative estimate of drug-likeness (QED) is 0.861. The minimum absolute atomic E-state index is 0.0172. The lowest BCUT2D eigenvalue weighted by Gasteiger charge is -2.16. The smallest absolute Gasteiger partial charge is 0.229 e. The van der Waals surface area contributed by atoms with Crippen LogP contribution in [-0.4, -0.2) is 11.9 Å². The number of aryl methyl sites for hydroxylation is 2. The molecule has 2 unspecified atom stereocenters. The molecule has 1 saturated carbocycles. The van der Waals surface area contributed by atoms with Gasteiger partial charge in [-0.05, 0) is 49.4 Å². The molecule has 0 radical (unpaired) electrons. The maximum atomic E-state index is 12.1. The van der Waals surface area contributed by atoms with Crippen molar-refractivity contribution in [2.45, 2.75) is 45.6 Å². The van der Waals surface area contributed by atoms with Crippen LogP contribution >= 0.6 is 0 Å². The van der Waals surface area contributed by atoms with Crippen LogP contribution in [0.2, 0.25) is 0 Å². The molecule has 3 N–H and O–H groups in total. The lowest BCUT2D eigenvalue weighted by Crippen LogP contribution is -2.34. The maximum Gasteiger partial charge on any atom is 0.229 e. The molecule has 3 nitrogen and oxygen atoms in total. The van der Waals surface area contributed by atoms with E-state index in [0.717, 1.165) is 31.4 Å². The normalized spacial score (nSPS) is 23.1. The summed E-state index contributed by atoms with van der Waals surface area (Å²) in [7, 11) is 0. The van der Waals surface area contributed by atoms with Crippen LogP contribution in [0.1, 0.15) is 37.3 Å². The van der Waals surface area contributed by atoms with E-state index in [1.165, 1.54) is 11.1 Å². The summed E-state index contributed by atoms with van der Waals surface area (Å²) in [4.78, 5) is 12.1. The number of rotatable bonds is 3. The highest BCUT2D eigenvalue weighted by Gasteiger charge is 2.30. The zero-order chi connectivity index (χ0) is 13.1. The Morgan fingerprint density at radius 2 is 2.22 bits per heavy atom. The number of carbonyl (C=O) groups excluding carboxylic acids is 1. The predicted octanol–water partition coefficient (Wildman–Crippen LogP) is 2.62. The second-order valence-corrected chi connectivity index (χ2v) is 5.19. The van der Waals surface area contributed by atoms with E-state index in [-0.39, 0.29) is 17.9 Å². The molecule has 18 heavy (non-hydrogen) atoms. The van der Waals surface area contributed by atoms with Crippen LogP contribution in [0.4, 0.5) is 5.69 Å². The molecule has 1 aromatic carbocycles. The molecule has 0 spiro atoms. The van der Waals surface area contributed by atoms with Crippen LogP contribution in [0.5, 0.6) is 0 Å². The first-order valence-corrected chi connectivity index (χ1v) is 6.77. The Hall–Kier alpha value is -1.35. The first kappa shape index (κ1) is 13.1. The highest BCUT2D eigenvalue weighted by atomic mass is 16.1. The van der Waals surface area contributed by atoms with Crippen molar-refractivity contribution in [3.63, 3.8) is 0 Å². The highest BCUT2D eigenvalue weighted by molar-refractivity contribution is 5.93. The number of amides is 1. The Morgan fingerprint density at radius 3 is 2.83 bits per heavy atom.